The molecule has 0 aromatic heterocycles. The van der Waals surface area contributed by atoms with Crippen LogP contribution in [0, 0.1) is 17.8 Å². The number of hydrogen-bond donors (Lipinski definition) is 3. The summed E-state index contributed by atoms with van der Waals surface area (Å²) in [6.07, 6.45) is 2.86. The number of nitrogens with one attached hydrogen (secondary N) is 1. The summed E-state index contributed by atoms with van der Waals surface area (Å²) in [5, 5.41) is 2.83. The highest BCUT2D eigenvalue weighted by Gasteiger charge is 2.40. The summed E-state index contributed by atoms with van der Waals surface area (Å²) in [4.78, 5) is 23.8. The summed E-state index contributed by atoms with van der Waals surface area (Å²) in [5.74, 6) is -0.468. The maximum Gasteiger partial charge on any atom is 0.243 e. The highest BCUT2D eigenvalue weighted by molar-refractivity contribution is 5.91. The molecule has 1 fully saturated rings. The molecule has 3 unspecified atom stereocenters. The van der Waals surface area contributed by atoms with Crippen molar-refractivity contribution in [2.24, 2.45) is 29.2 Å². The Kier molecular flexibility index (Phi) is 4.73. The van der Waals surface area contributed by atoms with E-state index in [1.54, 1.807) is 6.92 Å². The van der Waals surface area contributed by atoms with Gasteiger partial charge in [-0.15, -0.1) is 0 Å². The van der Waals surface area contributed by atoms with Crippen LogP contribution < -0.4 is 16.8 Å². The first-order valence-corrected chi connectivity index (χ1v) is 6.65. The Hall–Kier alpha value is -1.10. The SMILES string of the molecule is CC(C)C(C)(NC(=O)C1CCCC1CN)C(N)=O. The van der Waals surface area contributed by atoms with Crippen LogP contribution >= 0.6 is 0 Å². The van der Waals surface area contributed by atoms with Crippen molar-refractivity contribution < 1.29 is 9.59 Å². The predicted molar refractivity (Wildman–Crippen MR) is 70.5 cm³/mol. The molecule has 0 radical (unpaired) electrons. The molecule has 0 spiro atoms. The molecule has 0 aromatic rings. The number of primary amides is 1. The average molecular weight is 255 g/mol. The zero-order valence-corrected chi connectivity index (χ0v) is 11.5. The summed E-state index contributed by atoms with van der Waals surface area (Å²) in [6.45, 7) is 5.96. The second-order valence-corrected chi connectivity index (χ2v) is 5.74. The largest absolute Gasteiger partial charge is 0.368 e. The molecule has 1 aliphatic carbocycles. The van der Waals surface area contributed by atoms with Gasteiger partial charge in [-0.25, -0.2) is 0 Å². The maximum absolute atomic E-state index is 12.3. The van der Waals surface area contributed by atoms with Crippen LogP contribution in [0.5, 0.6) is 0 Å². The Morgan fingerprint density at radius 2 is 2.00 bits per heavy atom. The van der Waals surface area contributed by atoms with E-state index in [-0.39, 0.29) is 23.7 Å². The Morgan fingerprint density at radius 3 is 2.44 bits per heavy atom. The maximum atomic E-state index is 12.3. The molecule has 0 aliphatic heterocycles. The van der Waals surface area contributed by atoms with Crippen molar-refractivity contribution in [2.45, 2.75) is 45.6 Å². The van der Waals surface area contributed by atoms with Crippen molar-refractivity contribution in [3.63, 3.8) is 0 Å². The standard InChI is InChI=1S/C13H25N3O2/c1-8(2)13(3,12(15)18)16-11(17)10-6-4-5-9(10)7-14/h8-10H,4-7,14H2,1-3H3,(H2,15,18)(H,16,17). The third-order valence-electron chi connectivity index (χ3n) is 4.35. The molecule has 0 aromatic carbocycles. The summed E-state index contributed by atoms with van der Waals surface area (Å²) in [7, 11) is 0. The number of hydrogen-bond acceptors (Lipinski definition) is 3. The zero-order valence-electron chi connectivity index (χ0n) is 11.5. The molecule has 1 rings (SSSR count). The smallest absolute Gasteiger partial charge is 0.243 e. The van der Waals surface area contributed by atoms with Gasteiger partial charge in [-0.1, -0.05) is 20.3 Å². The molecule has 0 bridgehead atoms. The van der Waals surface area contributed by atoms with Crippen molar-refractivity contribution in [3.8, 4) is 0 Å². The molecule has 1 aliphatic rings. The Bertz CT molecular complexity index is 330. The van der Waals surface area contributed by atoms with Gasteiger partial charge < -0.3 is 16.8 Å². The lowest BCUT2D eigenvalue weighted by atomic mass is 9.86. The van der Waals surface area contributed by atoms with Gasteiger partial charge in [0.25, 0.3) is 0 Å². The van der Waals surface area contributed by atoms with Gasteiger partial charge in [-0.2, -0.15) is 0 Å². The zero-order chi connectivity index (χ0) is 13.9. The van der Waals surface area contributed by atoms with Crippen molar-refractivity contribution in [3.05, 3.63) is 0 Å². The van der Waals surface area contributed by atoms with E-state index in [1.165, 1.54) is 0 Å². The second-order valence-electron chi connectivity index (χ2n) is 5.74. The monoisotopic (exact) mass is 255 g/mol. The number of carbonyl (C=O) groups is 2. The number of carbonyl (C=O) groups excluding carboxylic acids is 2. The molecule has 5 nitrogen and oxygen atoms in total. The van der Waals surface area contributed by atoms with Gasteiger partial charge in [0.1, 0.15) is 5.54 Å². The van der Waals surface area contributed by atoms with E-state index in [1.807, 2.05) is 13.8 Å². The first-order chi connectivity index (χ1) is 8.32. The lowest BCUT2D eigenvalue weighted by molar-refractivity contribution is -0.135. The second kappa shape index (κ2) is 5.69. The van der Waals surface area contributed by atoms with E-state index >= 15 is 0 Å². The van der Waals surface area contributed by atoms with E-state index in [0.29, 0.717) is 6.54 Å². The average Bonchev–Trinajstić information content (AvgIpc) is 2.76. The minimum atomic E-state index is -0.987. The van der Waals surface area contributed by atoms with Crippen molar-refractivity contribution in [1.29, 1.82) is 0 Å². The Labute approximate surface area is 109 Å². The summed E-state index contributed by atoms with van der Waals surface area (Å²) in [6, 6.07) is 0. The van der Waals surface area contributed by atoms with Crippen LogP contribution in [0.1, 0.15) is 40.0 Å². The number of amides is 2. The fraction of sp³-hybridized carbons (Fsp3) is 0.846. The lowest BCUT2D eigenvalue weighted by Gasteiger charge is -2.33. The third-order valence-corrected chi connectivity index (χ3v) is 4.35. The molecule has 1 saturated carbocycles. The molecular weight excluding hydrogens is 230 g/mol. The van der Waals surface area contributed by atoms with Crippen LogP contribution in [0.3, 0.4) is 0 Å². The molecule has 5 heteroatoms. The third kappa shape index (κ3) is 2.83. The Balaban J connectivity index is 2.76. The van der Waals surface area contributed by atoms with E-state index in [4.69, 9.17) is 11.5 Å². The molecular formula is C13H25N3O2. The number of rotatable bonds is 5. The van der Waals surface area contributed by atoms with Gasteiger partial charge in [0.15, 0.2) is 0 Å². The lowest BCUT2D eigenvalue weighted by Crippen LogP contribution is -2.60. The summed E-state index contributed by atoms with van der Waals surface area (Å²) < 4.78 is 0. The van der Waals surface area contributed by atoms with Gasteiger partial charge in [-0.3, -0.25) is 9.59 Å². The normalized spacial score (nSPS) is 26.9. The fourth-order valence-electron chi connectivity index (χ4n) is 2.50. The molecule has 2 amide bonds. The van der Waals surface area contributed by atoms with Gasteiger partial charge in [0.05, 0.1) is 0 Å². The van der Waals surface area contributed by atoms with E-state index in [0.717, 1.165) is 19.3 Å². The minimum absolute atomic E-state index is 0.0447. The Morgan fingerprint density at radius 1 is 1.39 bits per heavy atom. The van der Waals surface area contributed by atoms with E-state index in [9.17, 15) is 9.59 Å². The van der Waals surface area contributed by atoms with Crippen LogP contribution in [0.4, 0.5) is 0 Å². The van der Waals surface area contributed by atoms with Crippen molar-refractivity contribution in [2.75, 3.05) is 6.54 Å². The minimum Gasteiger partial charge on any atom is -0.368 e. The molecule has 5 N–H and O–H groups in total. The van der Waals surface area contributed by atoms with E-state index in [2.05, 4.69) is 5.32 Å². The van der Waals surface area contributed by atoms with Crippen LogP contribution in [-0.2, 0) is 9.59 Å². The quantitative estimate of drug-likeness (QED) is 0.662. The van der Waals surface area contributed by atoms with Gasteiger partial charge in [0.2, 0.25) is 11.8 Å². The van der Waals surface area contributed by atoms with E-state index < -0.39 is 11.4 Å². The summed E-state index contributed by atoms with van der Waals surface area (Å²) >= 11 is 0. The molecule has 3 atom stereocenters. The van der Waals surface area contributed by atoms with Crippen LogP contribution in [0.25, 0.3) is 0 Å². The first-order valence-electron chi connectivity index (χ1n) is 6.65. The van der Waals surface area contributed by atoms with Gasteiger partial charge in [-0.05, 0) is 38.1 Å². The number of nitrogens with two attached hydrogens (primary N) is 2. The molecule has 0 saturated heterocycles. The van der Waals surface area contributed by atoms with Crippen LogP contribution in [0.2, 0.25) is 0 Å². The predicted octanol–water partition coefficient (Wildman–Crippen LogP) is 0.378. The fourth-order valence-corrected chi connectivity index (χ4v) is 2.50. The molecule has 0 heterocycles. The van der Waals surface area contributed by atoms with Gasteiger partial charge in [0, 0.05) is 5.92 Å². The van der Waals surface area contributed by atoms with Gasteiger partial charge >= 0.3 is 0 Å². The van der Waals surface area contributed by atoms with Crippen LogP contribution in [-0.4, -0.2) is 23.9 Å². The van der Waals surface area contributed by atoms with Crippen molar-refractivity contribution >= 4 is 11.8 Å². The van der Waals surface area contributed by atoms with Crippen LogP contribution in [0.15, 0.2) is 0 Å². The molecule has 104 valence electrons. The highest BCUT2D eigenvalue weighted by Crippen LogP contribution is 2.31. The topological polar surface area (TPSA) is 98.2 Å². The molecule has 18 heavy (non-hydrogen) atoms. The van der Waals surface area contributed by atoms with Crippen molar-refractivity contribution in [1.82, 2.24) is 5.32 Å². The highest BCUT2D eigenvalue weighted by atomic mass is 16.2. The summed E-state index contributed by atoms with van der Waals surface area (Å²) in [5.41, 5.74) is 10.1. The first kappa shape index (κ1) is 15.0.